The Labute approximate surface area is 165 Å². The molecule has 2 amide bonds. The number of hydrazone groups is 1. The van der Waals surface area contributed by atoms with Crippen molar-refractivity contribution in [1.82, 2.24) is 15.3 Å². The quantitative estimate of drug-likeness (QED) is 0.587. The standard InChI is InChI=1S/C20H19FN6O2/c21-12-5-7-13(8-6-12)27-17(19(22)28)11-16(26-27)20(29)23-10-9-18-24-14-3-1-2-4-15(14)25-18/h1-8,17H,9-11H2,(H2,22,28)(H,23,29)(H,24,25). The van der Waals surface area contributed by atoms with Gasteiger partial charge in [-0.2, -0.15) is 5.10 Å². The van der Waals surface area contributed by atoms with Gasteiger partial charge in [0.2, 0.25) is 5.91 Å². The molecule has 0 bridgehead atoms. The number of anilines is 1. The van der Waals surface area contributed by atoms with Gasteiger partial charge >= 0.3 is 0 Å². The summed E-state index contributed by atoms with van der Waals surface area (Å²) in [5, 5.41) is 8.39. The molecular weight excluding hydrogens is 375 g/mol. The number of para-hydroxylation sites is 2. The second kappa shape index (κ2) is 7.70. The van der Waals surface area contributed by atoms with Crippen LogP contribution in [-0.2, 0) is 16.0 Å². The summed E-state index contributed by atoms with van der Waals surface area (Å²) in [7, 11) is 0. The normalized spacial score (nSPS) is 16.1. The first kappa shape index (κ1) is 18.6. The van der Waals surface area contributed by atoms with Crippen LogP contribution in [0.3, 0.4) is 0 Å². The van der Waals surface area contributed by atoms with Gasteiger partial charge < -0.3 is 16.0 Å². The summed E-state index contributed by atoms with van der Waals surface area (Å²) < 4.78 is 13.2. The van der Waals surface area contributed by atoms with Crippen molar-refractivity contribution in [3.05, 3.63) is 60.2 Å². The number of halogens is 1. The molecule has 1 aromatic heterocycles. The number of amides is 2. The van der Waals surface area contributed by atoms with Gasteiger partial charge in [-0.15, -0.1) is 0 Å². The molecule has 1 atom stereocenters. The molecule has 4 N–H and O–H groups in total. The second-order valence-corrected chi connectivity index (χ2v) is 6.70. The minimum atomic E-state index is -0.795. The molecule has 0 radical (unpaired) electrons. The maximum absolute atomic E-state index is 13.2. The number of primary amides is 1. The molecule has 2 aromatic carbocycles. The zero-order valence-electron chi connectivity index (χ0n) is 15.4. The van der Waals surface area contributed by atoms with E-state index in [4.69, 9.17) is 5.73 Å². The zero-order chi connectivity index (χ0) is 20.4. The number of hydrogen-bond acceptors (Lipinski definition) is 5. The topological polar surface area (TPSA) is 116 Å². The number of hydrogen-bond donors (Lipinski definition) is 3. The Morgan fingerprint density at radius 3 is 2.69 bits per heavy atom. The lowest BCUT2D eigenvalue weighted by Crippen LogP contribution is -2.40. The van der Waals surface area contributed by atoms with Crippen LogP contribution in [0, 0.1) is 5.82 Å². The van der Waals surface area contributed by atoms with Gasteiger partial charge in [0, 0.05) is 19.4 Å². The van der Waals surface area contributed by atoms with E-state index in [9.17, 15) is 14.0 Å². The molecule has 3 aromatic rings. The molecule has 0 saturated heterocycles. The van der Waals surface area contributed by atoms with Gasteiger partial charge in [0.25, 0.3) is 5.91 Å². The molecule has 29 heavy (non-hydrogen) atoms. The lowest BCUT2D eigenvalue weighted by Gasteiger charge is -2.20. The Morgan fingerprint density at radius 1 is 1.21 bits per heavy atom. The average molecular weight is 394 g/mol. The van der Waals surface area contributed by atoms with Crippen LogP contribution in [0.4, 0.5) is 10.1 Å². The molecule has 2 heterocycles. The van der Waals surface area contributed by atoms with E-state index in [1.165, 1.54) is 29.3 Å². The van der Waals surface area contributed by atoms with Crippen LogP contribution in [-0.4, -0.2) is 40.1 Å². The van der Waals surface area contributed by atoms with E-state index in [-0.39, 0.29) is 18.0 Å². The fraction of sp³-hybridized carbons (Fsp3) is 0.200. The average Bonchev–Trinajstić information content (AvgIpc) is 3.33. The first-order valence-electron chi connectivity index (χ1n) is 9.14. The number of rotatable bonds is 6. The van der Waals surface area contributed by atoms with Gasteiger partial charge in [-0.1, -0.05) is 12.1 Å². The largest absolute Gasteiger partial charge is 0.368 e. The van der Waals surface area contributed by atoms with Crippen LogP contribution >= 0.6 is 0 Å². The number of nitrogens with one attached hydrogen (secondary N) is 2. The minimum Gasteiger partial charge on any atom is -0.368 e. The lowest BCUT2D eigenvalue weighted by atomic mass is 10.1. The summed E-state index contributed by atoms with van der Waals surface area (Å²) in [4.78, 5) is 32.0. The summed E-state index contributed by atoms with van der Waals surface area (Å²) in [6, 6.07) is 12.4. The Hall–Kier alpha value is -3.75. The Kier molecular flexibility index (Phi) is 4.94. The summed E-state index contributed by atoms with van der Waals surface area (Å²) in [6.45, 7) is 0.357. The minimum absolute atomic E-state index is 0.0865. The van der Waals surface area contributed by atoms with E-state index in [0.29, 0.717) is 18.7 Å². The number of carbonyl (C=O) groups excluding carboxylic acids is 2. The first-order chi connectivity index (χ1) is 14.0. The van der Waals surface area contributed by atoms with Crippen LogP contribution in [0.2, 0.25) is 0 Å². The number of carbonyl (C=O) groups is 2. The van der Waals surface area contributed by atoms with E-state index in [1.807, 2.05) is 24.3 Å². The Morgan fingerprint density at radius 2 is 1.97 bits per heavy atom. The number of nitrogens with two attached hydrogens (primary N) is 1. The number of imidazole rings is 1. The monoisotopic (exact) mass is 394 g/mol. The third-order valence-corrected chi connectivity index (χ3v) is 4.68. The van der Waals surface area contributed by atoms with Crippen LogP contribution in [0.15, 0.2) is 53.6 Å². The van der Waals surface area contributed by atoms with Gasteiger partial charge in [-0.3, -0.25) is 14.6 Å². The van der Waals surface area contributed by atoms with Crippen molar-refractivity contribution in [1.29, 1.82) is 0 Å². The molecule has 148 valence electrons. The van der Waals surface area contributed by atoms with Crippen molar-refractivity contribution in [2.45, 2.75) is 18.9 Å². The number of aromatic nitrogens is 2. The highest BCUT2D eigenvalue weighted by atomic mass is 19.1. The summed E-state index contributed by atoms with van der Waals surface area (Å²) in [5.41, 5.74) is 7.95. The van der Waals surface area contributed by atoms with Crippen LogP contribution in [0.1, 0.15) is 12.2 Å². The highest BCUT2D eigenvalue weighted by Gasteiger charge is 2.34. The fourth-order valence-electron chi connectivity index (χ4n) is 3.22. The summed E-state index contributed by atoms with van der Waals surface area (Å²) >= 11 is 0. The Bertz CT molecular complexity index is 1060. The van der Waals surface area contributed by atoms with Gasteiger partial charge in [-0.05, 0) is 36.4 Å². The van der Waals surface area contributed by atoms with Gasteiger partial charge in [0.1, 0.15) is 23.4 Å². The van der Waals surface area contributed by atoms with Crippen molar-refractivity contribution in [3.8, 4) is 0 Å². The fourth-order valence-corrected chi connectivity index (χ4v) is 3.22. The van der Waals surface area contributed by atoms with Crippen molar-refractivity contribution in [2.75, 3.05) is 11.6 Å². The van der Waals surface area contributed by atoms with E-state index in [0.717, 1.165) is 16.9 Å². The maximum Gasteiger partial charge on any atom is 0.267 e. The van der Waals surface area contributed by atoms with Crippen LogP contribution in [0.25, 0.3) is 11.0 Å². The molecule has 9 heteroatoms. The van der Waals surface area contributed by atoms with E-state index < -0.39 is 17.8 Å². The number of H-pyrrole nitrogens is 1. The number of nitrogens with zero attached hydrogens (tertiary/aromatic N) is 3. The Balaban J connectivity index is 1.41. The molecule has 0 fully saturated rings. The molecule has 4 rings (SSSR count). The molecule has 0 saturated carbocycles. The molecule has 1 aliphatic heterocycles. The second-order valence-electron chi connectivity index (χ2n) is 6.70. The predicted molar refractivity (Wildman–Crippen MR) is 107 cm³/mol. The third-order valence-electron chi connectivity index (χ3n) is 4.68. The van der Waals surface area contributed by atoms with E-state index in [2.05, 4.69) is 20.4 Å². The lowest BCUT2D eigenvalue weighted by molar-refractivity contribution is -0.119. The van der Waals surface area contributed by atoms with Crippen LogP contribution in [0.5, 0.6) is 0 Å². The third kappa shape index (κ3) is 3.93. The van der Waals surface area contributed by atoms with Gasteiger partial charge in [0.05, 0.1) is 16.7 Å². The molecule has 8 nitrogen and oxygen atoms in total. The molecule has 0 aliphatic carbocycles. The van der Waals surface area contributed by atoms with Crippen molar-refractivity contribution < 1.29 is 14.0 Å². The van der Waals surface area contributed by atoms with Crippen LogP contribution < -0.4 is 16.1 Å². The highest BCUT2D eigenvalue weighted by Crippen LogP contribution is 2.24. The first-order valence-corrected chi connectivity index (χ1v) is 9.14. The van der Waals surface area contributed by atoms with Crippen molar-refractivity contribution in [3.63, 3.8) is 0 Å². The van der Waals surface area contributed by atoms with Crippen molar-refractivity contribution >= 4 is 34.2 Å². The molecular formula is C20H19FN6O2. The summed E-state index contributed by atoms with van der Waals surface area (Å²) in [6.07, 6.45) is 0.609. The molecule has 1 aliphatic rings. The smallest absolute Gasteiger partial charge is 0.267 e. The number of fused-ring (bicyclic) bond motifs is 1. The zero-order valence-corrected chi connectivity index (χ0v) is 15.4. The van der Waals surface area contributed by atoms with E-state index in [1.54, 1.807) is 0 Å². The van der Waals surface area contributed by atoms with Gasteiger partial charge in [-0.25, -0.2) is 9.37 Å². The maximum atomic E-state index is 13.2. The van der Waals surface area contributed by atoms with Gasteiger partial charge in [0.15, 0.2) is 0 Å². The van der Waals surface area contributed by atoms with Crippen molar-refractivity contribution in [2.24, 2.45) is 10.8 Å². The number of benzene rings is 2. The SMILES string of the molecule is NC(=O)C1CC(C(=O)NCCc2nc3ccccc3[nH]2)=NN1c1ccc(F)cc1. The predicted octanol–water partition coefficient (Wildman–Crippen LogP) is 1.48. The summed E-state index contributed by atoms with van der Waals surface area (Å²) in [5.74, 6) is -0.626. The highest BCUT2D eigenvalue weighted by molar-refractivity contribution is 6.40. The number of aromatic amines is 1. The molecule has 0 spiro atoms. The molecule has 1 unspecified atom stereocenters. The van der Waals surface area contributed by atoms with E-state index >= 15 is 0 Å².